The highest BCUT2D eigenvalue weighted by Crippen LogP contribution is 2.27. The van der Waals surface area contributed by atoms with Gasteiger partial charge in [0.1, 0.15) is 6.04 Å². The molecule has 1 aromatic carbocycles. The average Bonchev–Trinajstić information content (AvgIpc) is 2.91. The van der Waals surface area contributed by atoms with Crippen LogP contribution in [0.15, 0.2) is 18.2 Å². The molecule has 8 heteroatoms. The second-order valence-corrected chi connectivity index (χ2v) is 9.82. The first-order valence-electron chi connectivity index (χ1n) is 12.1. The Labute approximate surface area is 196 Å². The molecule has 8 nitrogen and oxygen atoms in total. The highest BCUT2D eigenvalue weighted by molar-refractivity contribution is 5.96. The Bertz CT molecular complexity index is 851. The van der Waals surface area contributed by atoms with Gasteiger partial charge in [-0.25, -0.2) is 0 Å². The van der Waals surface area contributed by atoms with Crippen molar-refractivity contribution in [3.05, 3.63) is 29.3 Å². The molecule has 3 N–H and O–H groups in total. The van der Waals surface area contributed by atoms with Gasteiger partial charge in [0.2, 0.25) is 5.91 Å². The molecule has 1 aromatic rings. The van der Waals surface area contributed by atoms with Crippen LogP contribution in [0.25, 0.3) is 0 Å². The standard InChI is InChI=1S/C25H38N4O4/c1-17(2)8-13-29-16-20-5-4-19(14-21(20)27-22(25(29)33)15-23(30)31)24(32)28(3)12-9-18-6-10-26-11-7-18/h4-5,14,17-18,22,26-27H,6-13,15-16H2,1-3H3,(H,30,31). The van der Waals surface area contributed by atoms with Gasteiger partial charge in [-0.1, -0.05) is 19.9 Å². The second-order valence-electron chi connectivity index (χ2n) is 9.82. The lowest BCUT2D eigenvalue weighted by atomic mass is 9.94. The van der Waals surface area contributed by atoms with E-state index in [4.69, 9.17) is 0 Å². The third-order valence-electron chi connectivity index (χ3n) is 6.69. The number of anilines is 1. The number of rotatable bonds is 9. The van der Waals surface area contributed by atoms with Gasteiger partial charge < -0.3 is 25.5 Å². The van der Waals surface area contributed by atoms with E-state index >= 15 is 0 Å². The summed E-state index contributed by atoms with van der Waals surface area (Å²) in [6.45, 7) is 7.98. The second kappa shape index (κ2) is 11.5. The molecule has 0 spiro atoms. The van der Waals surface area contributed by atoms with Crippen molar-refractivity contribution in [2.45, 2.75) is 58.5 Å². The van der Waals surface area contributed by atoms with Crippen molar-refractivity contribution in [2.75, 3.05) is 38.5 Å². The summed E-state index contributed by atoms with van der Waals surface area (Å²) in [6, 6.07) is 4.62. The van der Waals surface area contributed by atoms with Crippen molar-refractivity contribution in [3.8, 4) is 0 Å². The molecule has 2 aliphatic heterocycles. The van der Waals surface area contributed by atoms with Gasteiger partial charge in [0.15, 0.2) is 0 Å². The first-order valence-corrected chi connectivity index (χ1v) is 12.1. The Morgan fingerprint density at radius 1 is 1.24 bits per heavy atom. The molecule has 0 bridgehead atoms. The van der Waals surface area contributed by atoms with Crippen molar-refractivity contribution < 1.29 is 19.5 Å². The normalized spacial score (nSPS) is 19.1. The fraction of sp³-hybridized carbons (Fsp3) is 0.640. The summed E-state index contributed by atoms with van der Waals surface area (Å²) in [4.78, 5) is 41.0. The minimum atomic E-state index is -1.03. The first-order chi connectivity index (χ1) is 15.7. The zero-order chi connectivity index (χ0) is 24.0. The zero-order valence-electron chi connectivity index (χ0n) is 20.1. The first kappa shape index (κ1) is 25.0. The molecular weight excluding hydrogens is 420 g/mol. The predicted octanol–water partition coefficient (Wildman–Crippen LogP) is 2.79. The van der Waals surface area contributed by atoms with Crippen molar-refractivity contribution in [1.82, 2.24) is 15.1 Å². The fourth-order valence-electron chi connectivity index (χ4n) is 4.52. The Kier molecular flexibility index (Phi) is 8.72. The summed E-state index contributed by atoms with van der Waals surface area (Å²) in [6.07, 6.45) is 3.84. The SMILES string of the molecule is CC(C)CCN1Cc2ccc(C(=O)N(C)CCC3CCNCC3)cc2NC(CC(=O)O)C1=O. The number of hydrogen-bond donors (Lipinski definition) is 3. The van der Waals surface area contributed by atoms with E-state index in [0.717, 1.165) is 44.3 Å². The third-order valence-corrected chi connectivity index (χ3v) is 6.69. The number of amides is 2. The van der Waals surface area contributed by atoms with E-state index in [1.165, 1.54) is 0 Å². The number of benzene rings is 1. The van der Waals surface area contributed by atoms with Crippen LogP contribution < -0.4 is 10.6 Å². The molecule has 1 saturated heterocycles. The molecule has 0 aliphatic carbocycles. The lowest BCUT2D eigenvalue weighted by molar-refractivity contribution is -0.141. The highest BCUT2D eigenvalue weighted by Gasteiger charge is 2.31. The van der Waals surface area contributed by atoms with Crippen molar-refractivity contribution in [3.63, 3.8) is 0 Å². The van der Waals surface area contributed by atoms with Crippen LogP contribution in [-0.4, -0.2) is 72.0 Å². The number of carboxylic acid groups (broad SMARTS) is 1. The molecule has 2 heterocycles. The van der Waals surface area contributed by atoms with E-state index in [-0.39, 0.29) is 18.2 Å². The van der Waals surface area contributed by atoms with Gasteiger partial charge >= 0.3 is 5.97 Å². The summed E-state index contributed by atoms with van der Waals surface area (Å²) in [5, 5.41) is 15.8. The molecule has 1 fully saturated rings. The van der Waals surface area contributed by atoms with Crippen molar-refractivity contribution in [1.29, 1.82) is 0 Å². The molecule has 182 valence electrons. The predicted molar refractivity (Wildman–Crippen MR) is 128 cm³/mol. The number of nitrogens with one attached hydrogen (secondary N) is 2. The van der Waals surface area contributed by atoms with E-state index in [2.05, 4.69) is 24.5 Å². The fourth-order valence-corrected chi connectivity index (χ4v) is 4.52. The number of carbonyl (C=O) groups is 3. The van der Waals surface area contributed by atoms with E-state index in [0.29, 0.717) is 42.7 Å². The summed E-state index contributed by atoms with van der Waals surface area (Å²) < 4.78 is 0. The molecule has 2 amide bonds. The summed E-state index contributed by atoms with van der Waals surface area (Å²) in [7, 11) is 1.83. The summed E-state index contributed by atoms with van der Waals surface area (Å²) in [5.74, 6) is -0.212. The third kappa shape index (κ3) is 6.93. The lowest BCUT2D eigenvalue weighted by Crippen LogP contribution is -2.42. The van der Waals surface area contributed by atoms with Gasteiger partial charge in [0, 0.05) is 37.9 Å². The number of fused-ring (bicyclic) bond motifs is 1. The largest absolute Gasteiger partial charge is 0.481 e. The number of piperidine rings is 1. The van der Waals surface area contributed by atoms with Crippen LogP contribution in [-0.2, 0) is 16.1 Å². The molecule has 1 unspecified atom stereocenters. The molecule has 0 aromatic heterocycles. The van der Waals surface area contributed by atoms with Crippen LogP contribution in [0.5, 0.6) is 0 Å². The van der Waals surface area contributed by atoms with Crippen LogP contribution in [0.3, 0.4) is 0 Å². The number of aliphatic carboxylic acids is 1. The summed E-state index contributed by atoms with van der Waals surface area (Å²) in [5.41, 5.74) is 2.11. The van der Waals surface area contributed by atoms with Gasteiger partial charge in [-0.2, -0.15) is 0 Å². The number of nitrogens with zero attached hydrogens (tertiary/aromatic N) is 2. The van der Waals surface area contributed by atoms with Gasteiger partial charge in [0.05, 0.1) is 6.42 Å². The maximum absolute atomic E-state index is 13.1. The quantitative estimate of drug-likeness (QED) is 0.526. The highest BCUT2D eigenvalue weighted by atomic mass is 16.4. The molecule has 1 atom stereocenters. The minimum Gasteiger partial charge on any atom is -0.481 e. The van der Waals surface area contributed by atoms with Crippen LogP contribution in [0.1, 0.15) is 61.9 Å². The summed E-state index contributed by atoms with van der Waals surface area (Å²) >= 11 is 0. The molecule has 33 heavy (non-hydrogen) atoms. The Hall–Kier alpha value is -2.61. The number of carboxylic acids is 1. The van der Waals surface area contributed by atoms with Gasteiger partial charge in [0.25, 0.3) is 5.91 Å². The lowest BCUT2D eigenvalue weighted by Gasteiger charge is -2.25. The molecule has 0 radical (unpaired) electrons. The van der Waals surface area contributed by atoms with Crippen molar-refractivity contribution in [2.24, 2.45) is 11.8 Å². The van der Waals surface area contributed by atoms with Crippen LogP contribution in [0.4, 0.5) is 5.69 Å². The topological polar surface area (TPSA) is 102 Å². The number of carbonyl (C=O) groups excluding carboxylic acids is 2. The Morgan fingerprint density at radius 2 is 1.97 bits per heavy atom. The maximum Gasteiger partial charge on any atom is 0.305 e. The van der Waals surface area contributed by atoms with E-state index in [1.807, 2.05) is 19.2 Å². The Morgan fingerprint density at radius 3 is 2.64 bits per heavy atom. The van der Waals surface area contributed by atoms with Crippen LogP contribution in [0.2, 0.25) is 0 Å². The van der Waals surface area contributed by atoms with Gasteiger partial charge in [-0.3, -0.25) is 14.4 Å². The average molecular weight is 459 g/mol. The zero-order valence-corrected chi connectivity index (χ0v) is 20.1. The smallest absolute Gasteiger partial charge is 0.305 e. The monoisotopic (exact) mass is 458 g/mol. The maximum atomic E-state index is 13.1. The van der Waals surface area contributed by atoms with Crippen LogP contribution >= 0.6 is 0 Å². The molecule has 3 rings (SSSR count). The van der Waals surface area contributed by atoms with Gasteiger partial charge in [-0.05, 0) is 68.3 Å². The number of hydrogen-bond acceptors (Lipinski definition) is 5. The van der Waals surface area contributed by atoms with E-state index < -0.39 is 12.0 Å². The van der Waals surface area contributed by atoms with E-state index in [1.54, 1.807) is 15.9 Å². The molecular formula is C25H38N4O4. The van der Waals surface area contributed by atoms with Crippen LogP contribution in [0, 0.1) is 11.8 Å². The Balaban J connectivity index is 1.74. The molecule has 2 aliphatic rings. The van der Waals surface area contributed by atoms with Crippen molar-refractivity contribution >= 4 is 23.5 Å². The minimum absolute atomic E-state index is 0.0597. The van der Waals surface area contributed by atoms with E-state index in [9.17, 15) is 19.5 Å². The van der Waals surface area contributed by atoms with Gasteiger partial charge in [-0.15, -0.1) is 0 Å². The molecule has 0 saturated carbocycles.